The molecule has 0 amide bonds. The monoisotopic (exact) mass is 436 g/mol. The van der Waals surface area contributed by atoms with E-state index in [1.165, 1.54) is 38.5 Å². The molecule has 3 atom stereocenters. The van der Waals surface area contributed by atoms with Gasteiger partial charge in [-0.15, -0.1) is 0 Å². The second kappa shape index (κ2) is 11.6. The molecule has 0 saturated heterocycles. The van der Waals surface area contributed by atoms with Gasteiger partial charge in [-0.2, -0.15) is 0 Å². The van der Waals surface area contributed by atoms with Crippen LogP contribution in [0.5, 0.6) is 11.5 Å². The Labute approximate surface area is 201 Å². The maximum Gasteiger partial charge on any atom is 0.127 e. The molecule has 0 saturated carbocycles. The van der Waals surface area contributed by atoms with E-state index in [0.717, 1.165) is 31.1 Å². The zero-order valence-electron chi connectivity index (χ0n) is 26.9. The molecule has 1 aromatic carbocycles. The van der Waals surface area contributed by atoms with Gasteiger partial charge in [-0.1, -0.05) is 72.6 Å². The van der Waals surface area contributed by atoms with Gasteiger partial charge in [0.2, 0.25) is 0 Å². The second-order valence-corrected chi connectivity index (χ2v) is 10.9. The van der Waals surface area contributed by atoms with Gasteiger partial charge in [-0.05, 0) is 87.7 Å². The van der Waals surface area contributed by atoms with Gasteiger partial charge in [0.15, 0.2) is 0 Å². The molecule has 0 spiro atoms. The van der Waals surface area contributed by atoms with E-state index in [2.05, 4.69) is 27.7 Å². The van der Waals surface area contributed by atoms with Crippen LogP contribution < -0.4 is 4.74 Å². The molecule has 1 aromatic rings. The molecule has 31 heavy (non-hydrogen) atoms. The lowest BCUT2D eigenvalue weighted by Crippen LogP contribution is -2.37. The average molecular weight is 437 g/mol. The summed E-state index contributed by atoms with van der Waals surface area (Å²) in [4.78, 5) is 0. The average Bonchev–Trinajstić information content (AvgIpc) is 2.72. The number of rotatable bonds is 12. The standard InChI is InChI=1S/C29H50O2/c1-20(2)12-9-13-21(3)14-10-15-22(4)16-11-18-29(8)19-17-26-25(7)27(30)23(5)24(6)28(26)31-29/h20-22,30H,9-19H2,1-8H3/i5D3,7D3. The van der Waals surface area contributed by atoms with Gasteiger partial charge in [-0.25, -0.2) is 0 Å². The minimum absolute atomic E-state index is 0.270. The summed E-state index contributed by atoms with van der Waals surface area (Å²) in [5.74, 6) is 1.93. The first kappa shape index (κ1) is 18.3. The Morgan fingerprint density at radius 2 is 1.48 bits per heavy atom. The fraction of sp³-hybridized carbons (Fsp3) is 0.793. The summed E-state index contributed by atoms with van der Waals surface area (Å²) < 4.78 is 53.9. The van der Waals surface area contributed by atoms with Crippen LogP contribution in [0.1, 0.15) is 129 Å². The Bertz CT molecular complexity index is 890. The third-order valence-electron chi connectivity index (χ3n) is 7.29. The van der Waals surface area contributed by atoms with Crippen molar-refractivity contribution in [2.24, 2.45) is 17.8 Å². The first-order valence-electron chi connectivity index (χ1n) is 15.5. The number of phenols is 1. The molecule has 1 aliphatic rings. The first-order chi connectivity index (χ1) is 17.0. The number of benzene rings is 1. The molecule has 1 heterocycles. The normalized spacial score (nSPS) is 24.1. The van der Waals surface area contributed by atoms with Gasteiger partial charge in [0.05, 0.1) is 0 Å². The first-order valence-corrected chi connectivity index (χ1v) is 12.5. The smallest absolute Gasteiger partial charge is 0.127 e. The molecule has 0 bridgehead atoms. The zero-order valence-corrected chi connectivity index (χ0v) is 20.9. The van der Waals surface area contributed by atoms with Crippen molar-refractivity contribution < 1.29 is 18.1 Å². The molecule has 3 unspecified atom stereocenters. The third kappa shape index (κ3) is 7.43. The Balaban J connectivity index is 1.99. The fourth-order valence-electron chi connectivity index (χ4n) is 4.94. The molecule has 2 nitrogen and oxygen atoms in total. The molecule has 0 radical (unpaired) electrons. The van der Waals surface area contributed by atoms with Crippen molar-refractivity contribution >= 4 is 0 Å². The maximum atomic E-state index is 10.7. The van der Waals surface area contributed by atoms with E-state index < -0.39 is 25.1 Å². The van der Waals surface area contributed by atoms with E-state index in [9.17, 15) is 5.11 Å². The van der Waals surface area contributed by atoms with E-state index in [1.807, 2.05) is 6.92 Å². The van der Waals surface area contributed by atoms with Crippen LogP contribution in [0.3, 0.4) is 0 Å². The van der Waals surface area contributed by atoms with Crippen molar-refractivity contribution in [2.45, 2.75) is 131 Å². The molecule has 2 rings (SSSR count). The predicted molar refractivity (Wildman–Crippen MR) is 134 cm³/mol. The summed E-state index contributed by atoms with van der Waals surface area (Å²) in [6.07, 6.45) is 11.8. The third-order valence-corrected chi connectivity index (χ3v) is 7.29. The Hall–Kier alpha value is -1.18. The molecule has 0 aromatic heterocycles. The largest absolute Gasteiger partial charge is 0.507 e. The van der Waals surface area contributed by atoms with Gasteiger partial charge in [0.25, 0.3) is 0 Å². The lowest BCUT2D eigenvalue weighted by molar-refractivity contribution is 0.0512. The zero-order chi connectivity index (χ0) is 28.2. The van der Waals surface area contributed by atoms with E-state index in [4.69, 9.17) is 13.0 Å². The van der Waals surface area contributed by atoms with Crippen molar-refractivity contribution in [3.05, 3.63) is 22.3 Å². The van der Waals surface area contributed by atoms with Crippen molar-refractivity contribution in [1.29, 1.82) is 0 Å². The van der Waals surface area contributed by atoms with Crippen LogP contribution in [-0.4, -0.2) is 10.7 Å². The second-order valence-electron chi connectivity index (χ2n) is 10.9. The minimum Gasteiger partial charge on any atom is -0.507 e. The molecule has 1 aliphatic heterocycles. The highest BCUT2D eigenvalue weighted by Crippen LogP contribution is 2.44. The van der Waals surface area contributed by atoms with Gasteiger partial charge in [0, 0.05) is 13.8 Å². The van der Waals surface area contributed by atoms with Crippen LogP contribution in [0.15, 0.2) is 0 Å². The maximum absolute atomic E-state index is 10.7. The Morgan fingerprint density at radius 1 is 0.903 bits per heavy atom. The number of hydrogen-bond donors (Lipinski definition) is 1. The molecular formula is C29H50O2. The van der Waals surface area contributed by atoms with E-state index in [1.54, 1.807) is 6.92 Å². The number of ether oxygens (including phenoxy) is 1. The number of hydrogen-bond acceptors (Lipinski definition) is 2. The van der Waals surface area contributed by atoms with Crippen molar-refractivity contribution in [2.75, 3.05) is 0 Å². The van der Waals surface area contributed by atoms with Gasteiger partial charge in [0.1, 0.15) is 17.1 Å². The van der Waals surface area contributed by atoms with E-state index >= 15 is 0 Å². The van der Waals surface area contributed by atoms with E-state index in [0.29, 0.717) is 35.6 Å². The van der Waals surface area contributed by atoms with Crippen LogP contribution in [0.4, 0.5) is 0 Å². The van der Waals surface area contributed by atoms with Crippen LogP contribution in [-0.2, 0) is 6.42 Å². The Kier molecular flexibility index (Phi) is 6.85. The lowest BCUT2D eigenvalue weighted by Gasteiger charge is -2.38. The number of fused-ring (bicyclic) bond motifs is 1. The van der Waals surface area contributed by atoms with Crippen molar-refractivity contribution in [1.82, 2.24) is 0 Å². The van der Waals surface area contributed by atoms with Crippen LogP contribution in [0.25, 0.3) is 0 Å². The van der Waals surface area contributed by atoms with Crippen molar-refractivity contribution in [3.63, 3.8) is 0 Å². The molecule has 178 valence electrons. The van der Waals surface area contributed by atoms with Crippen LogP contribution in [0, 0.1) is 38.4 Å². The number of aromatic hydroxyl groups is 1. The van der Waals surface area contributed by atoms with Gasteiger partial charge < -0.3 is 9.84 Å². The highest BCUT2D eigenvalue weighted by molar-refractivity contribution is 5.58. The Morgan fingerprint density at radius 3 is 2.06 bits per heavy atom. The fourth-order valence-corrected chi connectivity index (χ4v) is 4.94. The highest BCUT2D eigenvalue weighted by Gasteiger charge is 2.34. The minimum atomic E-state index is -2.64. The SMILES string of the molecule is [2H]C([2H])([2H])c1c(C)c2c(c(C([2H])([2H])[2H])c1O)CCC(C)(CCCC(C)CCCC(C)CCCC(C)C)O2. The predicted octanol–water partition coefficient (Wildman–Crippen LogP) is 8.84. The summed E-state index contributed by atoms with van der Waals surface area (Å²) in [6, 6.07) is 0. The quantitative estimate of drug-likeness (QED) is 0.354. The van der Waals surface area contributed by atoms with Crippen molar-refractivity contribution in [3.8, 4) is 11.5 Å². The van der Waals surface area contributed by atoms with Crippen LogP contribution in [0.2, 0.25) is 0 Å². The molecular weight excluding hydrogens is 380 g/mol. The molecule has 0 aliphatic carbocycles. The summed E-state index contributed by atoms with van der Waals surface area (Å²) >= 11 is 0. The van der Waals surface area contributed by atoms with Crippen LogP contribution >= 0.6 is 0 Å². The van der Waals surface area contributed by atoms with E-state index in [-0.39, 0.29) is 11.1 Å². The topological polar surface area (TPSA) is 29.5 Å². The highest BCUT2D eigenvalue weighted by atomic mass is 16.5. The summed E-state index contributed by atoms with van der Waals surface area (Å²) in [6.45, 7) is 7.67. The molecule has 1 N–H and O–H groups in total. The number of phenolic OH excluding ortho intramolecular Hbond substituents is 1. The van der Waals surface area contributed by atoms with Gasteiger partial charge >= 0.3 is 0 Å². The summed E-state index contributed by atoms with van der Waals surface area (Å²) in [7, 11) is 0. The molecule has 0 fully saturated rings. The van der Waals surface area contributed by atoms with Gasteiger partial charge in [-0.3, -0.25) is 0 Å². The summed E-state index contributed by atoms with van der Waals surface area (Å²) in [5, 5.41) is 10.7. The summed E-state index contributed by atoms with van der Waals surface area (Å²) in [5.41, 5.74) is -0.321. The lowest BCUT2D eigenvalue weighted by atomic mass is 9.84. The molecule has 2 heteroatoms.